The average Bonchev–Trinajstić information content (AvgIpc) is 2.16. The first-order chi connectivity index (χ1) is 6.63. The Balaban J connectivity index is 2.63. The second-order valence-corrected chi connectivity index (χ2v) is 3.68. The van der Waals surface area contributed by atoms with E-state index in [9.17, 15) is 4.39 Å². The van der Waals surface area contributed by atoms with E-state index >= 15 is 0 Å². The van der Waals surface area contributed by atoms with E-state index in [1.165, 1.54) is 12.1 Å². The SMILES string of the molecule is CC(C)C(CO)Nc1ccc(F)cc1. The largest absolute Gasteiger partial charge is 0.394 e. The van der Waals surface area contributed by atoms with Crippen LogP contribution in [0.2, 0.25) is 0 Å². The summed E-state index contributed by atoms with van der Waals surface area (Å²) in [5.41, 5.74) is 0.833. The number of benzene rings is 1. The maximum atomic E-state index is 12.6. The van der Waals surface area contributed by atoms with Crippen molar-refractivity contribution in [2.45, 2.75) is 19.9 Å². The predicted octanol–water partition coefficient (Wildman–Crippen LogP) is 2.25. The molecule has 2 nitrogen and oxygen atoms in total. The van der Waals surface area contributed by atoms with Crippen molar-refractivity contribution < 1.29 is 9.50 Å². The minimum absolute atomic E-state index is 0.0143. The van der Waals surface area contributed by atoms with Gasteiger partial charge in [-0.05, 0) is 30.2 Å². The second kappa shape index (κ2) is 4.96. The quantitative estimate of drug-likeness (QED) is 0.776. The van der Waals surface area contributed by atoms with E-state index in [-0.39, 0.29) is 18.5 Å². The number of hydrogen-bond acceptors (Lipinski definition) is 2. The molecule has 0 aliphatic heterocycles. The predicted molar refractivity (Wildman–Crippen MR) is 55.7 cm³/mol. The average molecular weight is 197 g/mol. The highest BCUT2D eigenvalue weighted by Gasteiger charge is 2.11. The summed E-state index contributed by atoms with van der Waals surface area (Å²) in [6, 6.07) is 6.15. The van der Waals surface area contributed by atoms with Gasteiger partial charge in [-0.3, -0.25) is 0 Å². The van der Waals surface area contributed by atoms with Crippen LogP contribution in [0.25, 0.3) is 0 Å². The van der Waals surface area contributed by atoms with Crippen LogP contribution in [0.15, 0.2) is 24.3 Å². The monoisotopic (exact) mass is 197 g/mol. The summed E-state index contributed by atoms with van der Waals surface area (Å²) in [6.07, 6.45) is 0. The fourth-order valence-electron chi connectivity index (χ4n) is 1.18. The van der Waals surface area contributed by atoms with Gasteiger partial charge < -0.3 is 10.4 Å². The lowest BCUT2D eigenvalue weighted by Gasteiger charge is -2.21. The Morgan fingerprint density at radius 1 is 1.29 bits per heavy atom. The van der Waals surface area contributed by atoms with Gasteiger partial charge in [-0.2, -0.15) is 0 Å². The summed E-state index contributed by atoms with van der Waals surface area (Å²) in [6.45, 7) is 4.13. The van der Waals surface area contributed by atoms with Crippen molar-refractivity contribution >= 4 is 5.69 Å². The molecule has 0 aliphatic rings. The number of hydrogen-bond donors (Lipinski definition) is 2. The van der Waals surface area contributed by atoms with E-state index in [2.05, 4.69) is 5.32 Å². The van der Waals surface area contributed by atoms with Crippen molar-refractivity contribution in [3.05, 3.63) is 30.1 Å². The van der Waals surface area contributed by atoms with Crippen LogP contribution < -0.4 is 5.32 Å². The lowest BCUT2D eigenvalue weighted by atomic mass is 10.1. The number of aliphatic hydroxyl groups is 1. The number of halogens is 1. The molecule has 14 heavy (non-hydrogen) atoms. The van der Waals surface area contributed by atoms with Crippen LogP contribution in [0.5, 0.6) is 0 Å². The summed E-state index contributed by atoms with van der Waals surface area (Å²) in [5, 5.41) is 12.2. The number of anilines is 1. The van der Waals surface area contributed by atoms with Crippen LogP contribution in [-0.2, 0) is 0 Å². The molecular formula is C11H16FNO. The molecule has 1 aromatic carbocycles. The topological polar surface area (TPSA) is 32.3 Å². The molecule has 0 fully saturated rings. The fourth-order valence-corrected chi connectivity index (χ4v) is 1.18. The molecule has 3 heteroatoms. The Morgan fingerprint density at radius 3 is 2.29 bits per heavy atom. The van der Waals surface area contributed by atoms with Gasteiger partial charge in [-0.1, -0.05) is 13.8 Å². The van der Waals surface area contributed by atoms with Crippen LogP contribution in [0.4, 0.5) is 10.1 Å². The zero-order valence-electron chi connectivity index (χ0n) is 8.50. The first-order valence-corrected chi connectivity index (χ1v) is 4.76. The highest BCUT2D eigenvalue weighted by Crippen LogP contribution is 2.13. The Labute approximate surface area is 83.8 Å². The van der Waals surface area contributed by atoms with Crippen molar-refractivity contribution in [1.82, 2.24) is 0 Å². The maximum Gasteiger partial charge on any atom is 0.123 e. The molecule has 0 spiro atoms. The van der Waals surface area contributed by atoms with E-state index < -0.39 is 0 Å². The highest BCUT2D eigenvalue weighted by molar-refractivity contribution is 5.43. The van der Waals surface area contributed by atoms with Crippen LogP contribution >= 0.6 is 0 Å². The van der Waals surface area contributed by atoms with Crippen molar-refractivity contribution in [1.29, 1.82) is 0 Å². The number of rotatable bonds is 4. The Morgan fingerprint density at radius 2 is 1.86 bits per heavy atom. The van der Waals surface area contributed by atoms with Gasteiger partial charge in [0.2, 0.25) is 0 Å². The first kappa shape index (κ1) is 11.0. The molecule has 0 saturated carbocycles. The Bertz CT molecular complexity index is 271. The van der Waals surface area contributed by atoms with E-state index in [0.29, 0.717) is 5.92 Å². The normalized spacial score (nSPS) is 12.9. The molecule has 1 atom stereocenters. The summed E-state index contributed by atoms with van der Waals surface area (Å²) < 4.78 is 12.6. The molecule has 0 aliphatic carbocycles. The third-order valence-electron chi connectivity index (χ3n) is 2.20. The van der Waals surface area contributed by atoms with E-state index in [1.807, 2.05) is 13.8 Å². The number of aliphatic hydroxyl groups excluding tert-OH is 1. The summed E-state index contributed by atoms with van der Waals surface area (Å²) >= 11 is 0. The molecule has 2 N–H and O–H groups in total. The molecule has 1 unspecified atom stereocenters. The van der Waals surface area contributed by atoms with Crippen LogP contribution in [0.3, 0.4) is 0 Å². The van der Waals surface area contributed by atoms with Crippen molar-refractivity contribution in [2.75, 3.05) is 11.9 Å². The second-order valence-electron chi connectivity index (χ2n) is 3.68. The lowest BCUT2D eigenvalue weighted by Crippen LogP contribution is -2.29. The van der Waals surface area contributed by atoms with Gasteiger partial charge in [0.25, 0.3) is 0 Å². The van der Waals surface area contributed by atoms with Crippen molar-refractivity contribution in [3.8, 4) is 0 Å². The van der Waals surface area contributed by atoms with E-state index in [1.54, 1.807) is 12.1 Å². The maximum absolute atomic E-state index is 12.6. The molecule has 1 aromatic rings. The Kier molecular flexibility index (Phi) is 3.89. The first-order valence-electron chi connectivity index (χ1n) is 4.76. The summed E-state index contributed by atoms with van der Waals surface area (Å²) in [4.78, 5) is 0. The summed E-state index contributed by atoms with van der Waals surface area (Å²) in [5.74, 6) is 0.0886. The van der Waals surface area contributed by atoms with Crippen LogP contribution in [-0.4, -0.2) is 17.8 Å². The lowest BCUT2D eigenvalue weighted by molar-refractivity contribution is 0.249. The minimum Gasteiger partial charge on any atom is -0.394 e. The molecule has 0 aromatic heterocycles. The molecule has 0 amide bonds. The minimum atomic E-state index is -0.249. The van der Waals surface area contributed by atoms with Gasteiger partial charge in [-0.25, -0.2) is 4.39 Å². The zero-order chi connectivity index (χ0) is 10.6. The third kappa shape index (κ3) is 3.00. The van der Waals surface area contributed by atoms with Gasteiger partial charge in [0, 0.05) is 5.69 Å². The number of nitrogens with one attached hydrogen (secondary N) is 1. The zero-order valence-corrected chi connectivity index (χ0v) is 8.50. The van der Waals surface area contributed by atoms with Gasteiger partial charge in [0.15, 0.2) is 0 Å². The van der Waals surface area contributed by atoms with Gasteiger partial charge in [0.05, 0.1) is 12.6 Å². The summed E-state index contributed by atoms with van der Waals surface area (Å²) in [7, 11) is 0. The standard InChI is InChI=1S/C11H16FNO/c1-8(2)11(7-14)13-10-5-3-9(12)4-6-10/h3-6,8,11,13-14H,7H2,1-2H3. The fraction of sp³-hybridized carbons (Fsp3) is 0.455. The van der Waals surface area contributed by atoms with Crippen molar-refractivity contribution in [3.63, 3.8) is 0 Å². The van der Waals surface area contributed by atoms with Crippen LogP contribution in [0, 0.1) is 11.7 Å². The van der Waals surface area contributed by atoms with Gasteiger partial charge in [-0.15, -0.1) is 0 Å². The van der Waals surface area contributed by atoms with E-state index in [4.69, 9.17) is 5.11 Å². The van der Waals surface area contributed by atoms with Crippen molar-refractivity contribution in [2.24, 2.45) is 5.92 Å². The molecule has 0 saturated heterocycles. The highest BCUT2D eigenvalue weighted by atomic mass is 19.1. The van der Waals surface area contributed by atoms with Gasteiger partial charge >= 0.3 is 0 Å². The van der Waals surface area contributed by atoms with Gasteiger partial charge in [0.1, 0.15) is 5.82 Å². The van der Waals surface area contributed by atoms with E-state index in [0.717, 1.165) is 5.69 Å². The molecule has 0 radical (unpaired) electrons. The molecule has 78 valence electrons. The molecular weight excluding hydrogens is 181 g/mol. The third-order valence-corrected chi connectivity index (χ3v) is 2.20. The Hall–Kier alpha value is -1.09. The molecule has 1 rings (SSSR count). The molecule has 0 heterocycles. The molecule has 0 bridgehead atoms. The van der Waals surface area contributed by atoms with Crippen LogP contribution in [0.1, 0.15) is 13.8 Å². The smallest absolute Gasteiger partial charge is 0.123 e.